The minimum absolute atomic E-state index is 0.138. The Hall–Kier alpha value is -1.72. The van der Waals surface area contributed by atoms with E-state index in [0.717, 1.165) is 5.56 Å². The number of nitro benzene ring substituents is 1. The van der Waals surface area contributed by atoms with Crippen molar-refractivity contribution in [3.63, 3.8) is 0 Å². The van der Waals surface area contributed by atoms with Gasteiger partial charge in [-0.1, -0.05) is 12.1 Å². The van der Waals surface area contributed by atoms with Crippen molar-refractivity contribution in [2.24, 2.45) is 0 Å². The average Bonchev–Trinajstić information content (AvgIpc) is 2.75. The molecule has 1 atom stereocenters. The number of rotatable bonds is 5. The van der Waals surface area contributed by atoms with Gasteiger partial charge < -0.3 is 5.32 Å². The van der Waals surface area contributed by atoms with Crippen LogP contribution in [0, 0.1) is 24.0 Å². The van der Waals surface area contributed by atoms with E-state index in [4.69, 9.17) is 0 Å². The summed E-state index contributed by atoms with van der Waals surface area (Å²) in [5.74, 6) is 0. The van der Waals surface area contributed by atoms with Gasteiger partial charge in [-0.25, -0.2) is 0 Å². The largest absolute Gasteiger partial charge is 0.306 e. The highest BCUT2D eigenvalue weighted by molar-refractivity contribution is 7.12. The van der Waals surface area contributed by atoms with Gasteiger partial charge in [0, 0.05) is 34.5 Å². The summed E-state index contributed by atoms with van der Waals surface area (Å²) in [5.41, 5.74) is 2.37. The fourth-order valence-corrected chi connectivity index (χ4v) is 3.26. The zero-order chi connectivity index (χ0) is 14.7. The summed E-state index contributed by atoms with van der Waals surface area (Å²) in [7, 11) is 0. The van der Waals surface area contributed by atoms with Crippen LogP contribution in [0.5, 0.6) is 0 Å². The lowest BCUT2D eigenvalue weighted by Gasteiger charge is -2.13. The van der Waals surface area contributed by atoms with Gasteiger partial charge in [0.25, 0.3) is 5.69 Å². The molecule has 20 heavy (non-hydrogen) atoms. The summed E-state index contributed by atoms with van der Waals surface area (Å²) in [4.78, 5) is 13.0. The van der Waals surface area contributed by atoms with E-state index in [1.807, 2.05) is 6.07 Å². The summed E-state index contributed by atoms with van der Waals surface area (Å²) in [6.45, 7) is 6.97. The van der Waals surface area contributed by atoms with E-state index in [9.17, 15) is 10.1 Å². The first-order valence-electron chi connectivity index (χ1n) is 6.51. The fraction of sp³-hybridized carbons (Fsp3) is 0.333. The number of benzene rings is 1. The van der Waals surface area contributed by atoms with Crippen molar-refractivity contribution in [2.75, 3.05) is 0 Å². The van der Waals surface area contributed by atoms with E-state index < -0.39 is 0 Å². The predicted octanol–water partition coefficient (Wildman–Crippen LogP) is 4.12. The molecular formula is C15H18N2O2S. The van der Waals surface area contributed by atoms with Crippen LogP contribution < -0.4 is 5.32 Å². The molecule has 0 saturated heterocycles. The Balaban J connectivity index is 2.03. The Labute approximate surface area is 122 Å². The molecule has 0 aliphatic carbocycles. The van der Waals surface area contributed by atoms with Crippen LogP contribution in [0.3, 0.4) is 0 Å². The number of hydrogen-bond acceptors (Lipinski definition) is 4. The highest BCUT2D eigenvalue weighted by atomic mass is 32.1. The van der Waals surface area contributed by atoms with E-state index in [1.54, 1.807) is 23.5 Å². The van der Waals surface area contributed by atoms with Crippen LogP contribution in [0.1, 0.15) is 33.8 Å². The SMILES string of the molecule is Cc1cc(C(C)NCc2cccc([N+](=O)[O-])c2)c(C)s1. The van der Waals surface area contributed by atoms with Crippen LogP contribution in [0.15, 0.2) is 30.3 Å². The van der Waals surface area contributed by atoms with Crippen molar-refractivity contribution in [2.45, 2.75) is 33.4 Å². The number of hydrogen-bond donors (Lipinski definition) is 1. The monoisotopic (exact) mass is 290 g/mol. The molecule has 0 aliphatic heterocycles. The zero-order valence-electron chi connectivity index (χ0n) is 11.8. The lowest BCUT2D eigenvalue weighted by molar-refractivity contribution is -0.384. The Kier molecular flexibility index (Phi) is 4.52. The second kappa shape index (κ2) is 6.15. The molecule has 0 aliphatic rings. The first-order valence-corrected chi connectivity index (χ1v) is 7.32. The van der Waals surface area contributed by atoms with Crippen molar-refractivity contribution >= 4 is 17.0 Å². The summed E-state index contributed by atoms with van der Waals surface area (Å²) < 4.78 is 0. The fourth-order valence-electron chi connectivity index (χ4n) is 2.24. The van der Waals surface area contributed by atoms with Crippen LogP contribution in [-0.2, 0) is 6.54 Å². The molecule has 1 aromatic carbocycles. The van der Waals surface area contributed by atoms with Gasteiger partial charge in [0.05, 0.1) is 4.92 Å². The summed E-state index contributed by atoms with van der Waals surface area (Å²) in [6, 6.07) is 9.19. The van der Waals surface area contributed by atoms with Crippen molar-refractivity contribution < 1.29 is 4.92 Å². The van der Waals surface area contributed by atoms with Crippen molar-refractivity contribution in [1.29, 1.82) is 0 Å². The average molecular weight is 290 g/mol. The van der Waals surface area contributed by atoms with E-state index in [-0.39, 0.29) is 16.7 Å². The van der Waals surface area contributed by atoms with Gasteiger partial charge in [-0.2, -0.15) is 0 Å². The number of aryl methyl sites for hydroxylation is 2. The highest BCUT2D eigenvalue weighted by Gasteiger charge is 2.11. The number of nitrogens with one attached hydrogen (secondary N) is 1. The van der Waals surface area contributed by atoms with Crippen LogP contribution in [0.4, 0.5) is 5.69 Å². The zero-order valence-corrected chi connectivity index (χ0v) is 12.7. The van der Waals surface area contributed by atoms with E-state index in [2.05, 4.69) is 32.2 Å². The lowest BCUT2D eigenvalue weighted by Crippen LogP contribution is -2.18. The summed E-state index contributed by atoms with van der Waals surface area (Å²) in [6.07, 6.45) is 0. The topological polar surface area (TPSA) is 55.2 Å². The van der Waals surface area contributed by atoms with Crippen LogP contribution in [-0.4, -0.2) is 4.92 Å². The molecule has 1 N–H and O–H groups in total. The number of non-ortho nitro benzene ring substituents is 1. The Morgan fingerprint density at radius 1 is 1.35 bits per heavy atom. The molecule has 1 heterocycles. The predicted molar refractivity (Wildman–Crippen MR) is 82.1 cm³/mol. The van der Waals surface area contributed by atoms with Crippen molar-refractivity contribution in [3.05, 3.63) is 61.3 Å². The van der Waals surface area contributed by atoms with Gasteiger partial charge in [0.1, 0.15) is 0 Å². The van der Waals surface area contributed by atoms with Crippen molar-refractivity contribution in [3.8, 4) is 0 Å². The van der Waals surface area contributed by atoms with Crippen LogP contribution in [0.2, 0.25) is 0 Å². The van der Waals surface area contributed by atoms with E-state index in [1.165, 1.54) is 21.4 Å². The van der Waals surface area contributed by atoms with Gasteiger partial charge in [-0.05, 0) is 38.0 Å². The molecule has 1 aromatic heterocycles. The summed E-state index contributed by atoms with van der Waals surface area (Å²) >= 11 is 1.80. The second-order valence-electron chi connectivity index (χ2n) is 4.90. The maximum Gasteiger partial charge on any atom is 0.269 e. The molecule has 0 amide bonds. The molecular weight excluding hydrogens is 272 g/mol. The molecule has 2 aromatic rings. The maximum atomic E-state index is 10.7. The third kappa shape index (κ3) is 3.43. The Morgan fingerprint density at radius 3 is 2.70 bits per heavy atom. The van der Waals surface area contributed by atoms with Crippen LogP contribution >= 0.6 is 11.3 Å². The molecule has 106 valence electrons. The van der Waals surface area contributed by atoms with Crippen molar-refractivity contribution in [1.82, 2.24) is 5.32 Å². The molecule has 5 heteroatoms. The molecule has 1 unspecified atom stereocenters. The molecule has 0 radical (unpaired) electrons. The molecule has 2 rings (SSSR count). The minimum Gasteiger partial charge on any atom is -0.306 e. The number of nitro groups is 1. The Morgan fingerprint density at radius 2 is 2.10 bits per heavy atom. The van der Waals surface area contributed by atoms with Gasteiger partial charge in [0.2, 0.25) is 0 Å². The molecule has 0 bridgehead atoms. The van der Waals surface area contributed by atoms with Gasteiger partial charge in [-0.15, -0.1) is 11.3 Å². The third-order valence-corrected chi connectivity index (χ3v) is 4.26. The van der Waals surface area contributed by atoms with E-state index in [0.29, 0.717) is 6.54 Å². The van der Waals surface area contributed by atoms with Gasteiger partial charge in [0.15, 0.2) is 0 Å². The van der Waals surface area contributed by atoms with Crippen LogP contribution in [0.25, 0.3) is 0 Å². The molecule has 0 fully saturated rings. The highest BCUT2D eigenvalue weighted by Crippen LogP contribution is 2.26. The minimum atomic E-state index is -0.362. The summed E-state index contributed by atoms with van der Waals surface area (Å²) in [5, 5.41) is 14.2. The normalized spacial score (nSPS) is 12.3. The standard InChI is InChI=1S/C15H18N2O2S/c1-10-7-15(12(3)20-10)11(2)16-9-13-5-4-6-14(8-13)17(18)19/h4-8,11,16H,9H2,1-3H3. The number of thiophene rings is 1. The number of nitrogens with zero attached hydrogens (tertiary/aromatic N) is 1. The maximum absolute atomic E-state index is 10.7. The quantitative estimate of drug-likeness (QED) is 0.665. The lowest BCUT2D eigenvalue weighted by atomic mass is 10.1. The third-order valence-electron chi connectivity index (χ3n) is 3.28. The second-order valence-corrected chi connectivity index (χ2v) is 6.36. The van der Waals surface area contributed by atoms with Gasteiger partial charge in [-0.3, -0.25) is 10.1 Å². The molecule has 0 spiro atoms. The molecule has 4 nitrogen and oxygen atoms in total. The van der Waals surface area contributed by atoms with E-state index >= 15 is 0 Å². The Bertz CT molecular complexity index is 622. The van der Waals surface area contributed by atoms with Gasteiger partial charge >= 0.3 is 0 Å². The smallest absolute Gasteiger partial charge is 0.269 e. The first-order chi connectivity index (χ1) is 9.47. The molecule has 0 saturated carbocycles. The first kappa shape index (κ1) is 14.7.